The molecule has 0 aliphatic rings. The number of benzene rings is 4. The van der Waals surface area contributed by atoms with E-state index in [1.807, 2.05) is 0 Å². The molecule has 4 aromatic carbocycles. The van der Waals surface area contributed by atoms with Crippen molar-refractivity contribution in [2.24, 2.45) is 0 Å². The van der Waals surface area contributed by atoms with Crippen LogP contribution in [-0.2, 0) is 0 Å². The predicted molar refractivity (Wildman–Crippen MR) is 99.1 cm³/mol. The lowest BCUT2D eigenvalue weighted by molar-refractivity contribution is 1.47. The molecule has 4 rings (SSSR count). The van der Waals surface area contributed by atoms with E-state index in [4.69, 9.17) is 0 Å². The zero-order valence-corrected chi connectivity index (χ0v) is 14.6. The predicted octanol–water partition coefficient (Wildman–Crippen LogP) is 6.98. The van der Waals surface area contributed by atoms with Gasteiger partial charge in [0, 0.05) is 8.95 Å². The Morgan fingerprint density at radius 1 is 0.619 bits per heavy atom. The standard InChI is InChI=1S/C19H12Br2/c1-11-8-18-13(10-19(11)21)3-5-16-15-7-4-14(20)9-12(15)2-6-17(16)18/h2-10H,1H3. The third kappa shape index (κ3) is 2.09. The lowest BCUT2D eigenvalue weighted by Crippen LogP contribution is -1.83. The van der Waals surface area contributed by atoms with Crippen molar-refractivity contribution in [1.82, 2.24) is 0 Å². The largest absolute Gasteiger partial charge is 0.0537 e. The quantitative estimate of drug-likeness (QED) is 0.280. The maximum atomic E-state index is 3.62. The van der Waals surface area contributed by atoms with E-state index in [0.29, 0.717) is 0 Å². The van der Waals surface area contributed by atoms with Gasteiger partial charge in [-0.2, -0.15) is 0 Å². The van der Waals surface area contributed by atoms with Gasteiger partial charge in [0.2, 0.25) is 0 Å². The van der Waals surface area contributed by atoms with Crippen molar-refractivity contribution in [2.75, 3.05) is 0 Å². The normalized spacial score (nSPS) is 11.6. The first-order chi connectivity index (χ1) is 10.1. The van der Waals surface area contributed by atoms with Gasteiger partial charge in [0.05, 0.1) is 0 Å². The molecule has 0 saturated heterocycles. The van der Waals surface area contributed by atoms with Crippen LogP contribution in [0.5, 0.6) is 0 Å². The number of hydrogen-bond acceptors (Lipinski definition) is 0. The van der Waals surface area contributed by atoms with Crippen molar-refractivity contribution in [2.45, 2.75) is 6.92 Å². The van der Waals surface area contributed by atoms with Crippen molar-refractivity contribution in [3.8, 4) is 0 Å². The van der Waals surface area contributed by atoms with Crippen molar-refractivity contribution in [3.63, 3.8) is 0 Å². The van der Waals surface area contributed by atoms with Crippen LogP contribution in [0.25, 0.3) is 32.3 Å². The summed E-state index contributed by atoms with van der Waals surface area (Å²) in [7, 11) is 0. The van der Waals surface area contributed by atoms with E-state index >= 15 is 0 Å². The van der Waals surface area contributed by atoms with Crippen molar-refractivity contribution >= 4 is 64.2 Å². The second kappa shape index (κ2) is 4.82. The SMILES string of the molecule is Cc1cc2c(ccc3c4ccc(Br)cc4ccc23)cc1Br. The summed E-state index contributed by atoms with van der Waals surface area (Å²) in [6.07, 6.45) is 0. The van der Waals surface area contributed by atoms with Gasteiger partial charge in [-0.05, 0) is 69.1 Å². The molecule has 102 valence electrons. The maximum Gasteiger partial charge on any atom is 0.0210 e. The van der Waals surface area contributed by atoms with E-state index in [0.717, 1.165) is 4.47 Å². The third-order valence-electron chi connectivity index (χ3n) is 4.07. The third-order valence-corrected chi connectivity index (χ3v) is 5.42. The fourth-order valence-corrected chi connectivity index (χ4v) is 3.72. The van der Waals surface area contributed by atoms with Gasteiger partial charge < -0.3 is 0 Å². The lowest BCUT2D eigenvalue weighted by Gasteiger charge is -2.09. The monoisotopic (exact) mass is 398 g/mol. The van der Waals surface area contributed by atoms with Gasteiger partial charge in [0.15, 0.2) is 0 Å². The molecule has 0 nitrogen and oxygen atoms in total. The lowest BCUT2D eigenvalue weighted by atomic mass is 9.96. The van der Waals surface area contributed by atoms with Crippen molar-refractivity contribution < 1.29 is 0 Å². The Bertz CT molecular complexity index is 1020. The smallest absolute Gasteiger partial charge is 0.0210 e. The molecule has 0 aliphatic heterocycles. The number of halogens is 2. The average Bonchev–Trinajstić information content (AvgIpc) is 2.47. The fraction of sp³-hybridized carbons (Fsp3) is 0.0526. The average molecular weight is 400 g/mol. The summed E-state index contributed by atoms with van der Waals surface area (Å²) >= 11 is 7.17. The highest BCUT2D eigenvalue weighted by atomic mass is 79.9. The zero-order chi connectivity index (χ0) is 14.6. The van der Waals surface area contributed by atoms with Crippen LogP contribution in [0.3, 0.4) is 0 Å². The van der Waals surface area contributed by atoms with Crippen LogP contribution in [0.2, 0.25) is 0 Å². The minimum absolute atomic E-state index is 1.12. The Hall–Kier alpha value is -1.38. The summed E-state index contributed by atoms with van der Waals surface area (Å²) in [5.74, 6) is 0. The molecular formula is C19H12Br2. The summed E-state index contributed by atoms with van der Waals surface area (Å²) in [5.41, 5.74) is 1.27. The Balaban J connectivity index is 2.21. The number of rotatable bonds is 0. The molecular weight excluding hydrogens is 388 g/mol. The minimum atomic E-state index is 1.12. The van der Waals surface area contributed by atoms with Gasteiger partial charge in [-0.15, -0.1) is 0 Å². The topological polar surface area (TPSA) is 0 Å². The van der Waals surface area contributed by atoms with Gasteiger partial charge in [0.1, 0.15) is 0 Å². The molecule has 0 aromatic heterocycles. The highest BCUT2D eigenvalue weighted by molar-refractivity contribution is 9.10. The molecule has 0 fully saturated rings. The molecule has 0 atom stereocenters. The van der Waals surface area contributed by atoms with Gasteiger partial charge in [-0.1, -0.05) is 62.2 Å². The van der Waals surface area contributed by atoms with Crippen molar-refractivity contribution in [1.29, 1.82) is 0 Å². The molecule has 0 bridgehead atoms. The molecule has 0 spiro atoms. The molecule has 0 unspecified atom stereocenters. The van der Waals surface area contributed by atoms with E-state index in [2.05, 4.69) is 93.4 Å². The molecule has 2 heteroatoms. The van der Waals surface area contributed by atoms with Crippen molar-refractivity contribution in [3.05, 3.63) is 69.1 Å². The minimum Gasteiger partial charge on any atom is -0.0537 e. The summed E-state index contributed by atoms with van der Waals surface area (Å²) in [6, 6.07) is 19.8. The molecule has 4 aromatic rings. The Labute approximate surface area is 140 Å². The van der Waals surface area contributed by atoms with Crippen LogP contribution < -0.4 is 0 Å². The first-order valence-electron chi connectivity index (χ1n) is 6.84. The van der Waals surface area contributed by atoms with Gasteiger partial charge in [-0.3, -0.25) is 0 Å². The Kier molecular flexibility index (Phi) is 3.05. The van der Waals surface area contributed by atoms with E-state index in [1.54, 1.807) is 0 Å². The molecule has 0 N–H and O–H groups in total. The summed E-state index contributed by atoms with van der Waals surface area (Å²) in [6.45, 7) is 2.14. The van der Waals surface area contributed by atoms with E-state index in [1.165, 1.54) is 42.4 Å². The second-order valence-electron chi connectivity index (χ2n) is 5.41. The van der Waals surface area contributed by atoms with Crippen LogP contribution in [-0.4, -0.2) is 0 Å². The highest BCUT2D eigenvalue weighted by Crippen LogP contribution is 2.34. The molecule has 0 saturated carbocycles. The van der Waals surface area contributed by atoms with Crippen LogP contribution in [0.15, 0.2) is 63.5 Å². The van der Waals surface area contributed by atoms with E-state index in [-0.39, 0.29) is 0 Å². The Morgan fingerprint density at radius 3 is 2.00 bits per heavy atom. The van der Waals surface area contributed by atoms with Crippen LogP contribution in [0, 0.1) is 6.92 Å². The number of hydrogen-bond donors (Lipinski definition) is 0. The van der Waals surface area contributed by atoms with E-state index < -0.39 is 0 Å². The van der Waals surface area contributed by atoms with Gasteiger partial charge in [0.25, 0.3) is 0 Å². The second-order valence-corrected chi connectivity index (χ2v) is 7.18. The summed E-state index contributed by atoms with van der Waals surface area (Å²) in [5, 5.41) is 7.80. The highest BCUT2D eigenvalue weighted by Gasteiger charge is 2.06. The molecule has 0 heterocycles. The molecule has 0 radical (unpaired) electrons. The Morgan fingerprint density at radius 2 is 1.24 bits per heavy atom. The van der Waals surface area contributed by atoms with Gasteiger partial charge in [-0.25, -0.2) is 0 Å². The zero-order valence-electron chi connectivity index (χ0n) is 11.5. The molecule has 0 amide bonds. The molecule has 0 aliphatic carbocycles. The summed E-state index contributed by atoms with van der Waals surface area (Å²) in [4.78, 5) is 0. The summed E-state index contributed by atoms with van der Waals surface area (Å²) < 4.78 is 2.29. The fourth-order valence-electron chi connectivity index (χ4n) is 2.98. The number of aryl methyl sites for hydroxylation is 1. The van der Waals surface area contributed by atoms with E-state index in [9.17, 15) is 0 Å². The first kappa shape index (κ1) is 13.3. The van der Waals surface area contributed by atoms with Crippen LogP contribution in [0.4, 0.5) is 0 Å². The number of fused-ring (bicyclic) bond motifs is 5. The van der Waals surface area contributed by atoms with Crippen LogP contribution in [0.1, 0.15) is 5.56 Å². The maximum absolute atomic E-state index is 3.62. The first-order valence-corrected chi connectivity index (χ1v) is 8.43. The van der Waals surface area contributed by atoms with Crippen LogP contribution >= 0.6 is 31.9 Å². The van der Waals surface area contributed by atoms with Gasteiger partial charge >= 0.3 is 0 Å². The molecule has 21 heavy (non-hydrogen) atoms.